The van der Waals surface area contributed by atoms with Gasteiger partial charge in [0.05, 0.1) is 5.92 Å². The summed E-state index contributed by atoms with van der Waals surface area (Å²) in [6.45, 7) is 0.618. The summed E-state index contributed by atoms with van der Waals surface area (Å²) in [6, 6.07) is 23.5. The molecule has 1 aliphatic heterocycles. The number of hydrogen-bond acceptors (Lipinski definition) is 4. The summed E-state index contributed by atoms with van der Waals surface area (Å²) in [5.41, 5.74) is 11.9. The first-order valence-corrected chi connectivity index (χ1v) is 10.7. The number of anilines is 1. The van der Waals surface area contributed by atoms with E-state index in [0.717, 1.165) is 27.8 Å². The van der Waals surface area contributed by atoms with Crippen LogP contribution in [0.3, 0.4) is 0 Å². The molecular weight excluding hydrogens is 404 g/mol. The molecule has 3 aromatic carbocycles. The van der Waals surface area contributed by atoms with Gasteiger partial charge in [0, 0.05) is 30.6 Å². The summed E-state index contributed by atoms with van der Waals surface area (Å²) in [5.74, 6) is -1.98. The second-order valence-corrected chi connectivity index (χ2v) is 8.43. The average Bonchev–Trinajstić information content (AvgIpc) is 3.38. The van der Waals surface area contributed by atoms with Crippen LogP contribution >= 0.6 is 0 Å². The Balaban J connectivity index is 1.32. The zero-order valence-corrected chi connectivity index (χ0v) is 17.5. The SMILES string of the molecule is Nc1cccc([C@@H]2CN(C(=O)OCC3c4ccccc4-c4ccccc43)C[C@H]2C(=O)O)c1. The quantitative estimate of drug-likeness (QED) is 0.604. The van der Waals surface area contributed by atoms with Gasteiger partial charge in [-0.05, 0) is 39.9 Å². The van der Waals surface area contributed by atoms with Gasteiger partial charge in [-0.1, -0.05) is 60.7 Å². The molecule has 1 fully saturated rings. The lowest BCUT2D eigenvalue weighted by atomic mass is 9.89. The first kappa shape index (κ1) is 20.1. The van der Waals surface area contributed by atoms with Gasteiger partial charge in [-0.15, -0.1) is 0 Å². The van der Waals surface area contributed by atoms with Gasteiger partial charge in [0.1, 0.15) is 6.61 Å². The van der Waals surface area contributed by atoms with Crippen LogP contribution in [0, 0.1) is 5.92 Å². The fourth-order valence-electron chi connectivity index (χ4n) is 5.02. The number of nitrogens with zero attached hydrogens (tertiary/aromatic N) is 1. The highest BCUT2D eigenvalue weighted by Crippen LogP contribution is 2.44. The summed E-state index contributed by atoms with van der Waals surface area (Å²) in [5, 5.41) is 9.72. The van der Waals surface area contributed by atoms with Gasteiger partial charge in [0.2, 0.25) is 0 Å². The molecule has 3 aromatic rings. The second-order valence-electron chi connectivity index (χ2n) is 8.43. The largest absolute Gasteiger partial charge is 0.481 e. The molecule has 1 aliphatic carbocycles. The normalized spacial score (nSPS) is 19.4. The maximum absolute atomic E-state index is 12.9. The minimum atomic E-state index is -0.925. The predicted molar refractivity (Wildman–Crippen MR) is 121 cm³/mol. The van der Waals surface area contributed by atoms with Crippen LogP contribution in [0.2, 0.25) is 0 Å². The summed E-state index contributed by atoms with van der Waals surface area (Å²) in [6.07, 6.45) is -0.482. The number of carbonyl (C=O) groups is 2. The molecule has 6 heteroatoms. The molecule has 5 rings (SSSR count). The van der Waals surface area contributed by atoms with Crippen LogP contribution in [0.4, 0.5) is 10.5 Å². The predicted octanol–water partition coefficient (Wildman–Crippen LogP) is 4.32. The molecule has 0 aromatic heterocycles. The van der Waals surface area contributed by atoms with Gasteiger partial charge in [-0.3, -0.25) is 4.79 Å². The molecule has 0 spiro atoms. The second kappa shape index (κ2) is 8.04. The molecular formula is C26H24N2O4. The highest BCUT2D eigenvalue weighted by atomic mass is 16.6. The van der Waals surface area contributed by atoms with E-state index in [1.165, 1.54) is 4.90 Å². The number of carboxylic acids is 1. The molecule has 1 heterocycles. The van der Waals surface area contributed by atoms with Crippen LogP contribution in [-0.4, -0.2) is 41.8 Å². The zero-order valence-electron chi connectivity index (χ0n) is 17.5. The lowest BCUT2D eigenvalue weighted by Gasteiger charge is -2.19. The number of likely N-dealkylation sites (tertiary alicyclic amines) is 1. The smallest absolute Gasteiger partial charge is 0.409 e. The molecule has 2 aliphatic rings. The third-order valence-electron chi connectivity index (χ3n) is 6.57. The van der Waals surface area contributed by atoms with E-state index in [4.69, 9.17) is 10.5 Å². The third-order valence-corrected chi connectivity index (χ3v) is 6.57. The highest BCUT2D eigenvalue weighted by molar-refractivity contribution is 5.79. The van der Waals surface area contributed by atoms with Crippen molar-refractivity contribution in [2.45, 2.75) is 11.8 Å². The third kappa shape index (κ3) is 3.47. The summed E-state index contributed by atoms with van der Waals surface area (Å²) in [7, 11) is 0. The Bertz CT molecular complexity index is 1150. The molecule has 32 heavy (non-hydrogen) atoms. The number of aliphatic carboxylic acids is 1. The number of amides is 1. The van der Waals surface area contributed by atoms with Crippen LogP contribution in [0.1, 0.15) is 28.5 Å². The van der Waals surface area contributed by atoms with Crippen molar-refractivity contribution in [1.29, 1.82) is 0 Å². The first-order valence-electron chi connectivity index (χ1n) is 10.7. The Hall–Kier alpha value is -3.80. The monoisotopic (exact) mass is 428 g/mol. The molecule has 1 amide bonds. The van der Waals surface area contributed by atoms with Gasteiger partial charge < -0.3 is 20.5 Å². The summed E-state index contributed by atoms with van der Waals surface area (Å²) < 4.78 is 5.73. The maximum atomic E-state index is 12.9. The number of carboxylic acid groups (broad SMARTS) is 1. The number of ether oxygens (including phenoxy) is 1. The zero-order chi connectivity index (χ0) is 22.2. The highest BCUT2D eigenvalue weighted by Gasteiger charge is 2.41. The van der Waals surface area contributed by atoms with E-state index in [1.807, 2.05) is 30.3 Å². The van der Waals surface area contributed by atoms with E-state index in [0.29, 0.717) is 5.69 Å². The maximum Gasteiger partial charge on any atom is 0.409 e. The number of fused-ring (bicyclic) bond motifs is 3. The van der Waals surface area contributed by atoms with Crippen molar-refractivity contribution in [3.8, 4) is 11.1 Å². The number of carbonyl (C=O) groups excluding carboxylic acids is 1. The number of rotatable bonds is 4. The number of hydrogen-bond donors (Lipinski definition) is 2. The van der Waals surface area contributed by atoms with Crippen molar-refractivity contribution in [3.05, 3.63) is 89.5 Å². The van der Waals surface area contributed by atoms with Crippen molar-refractivity contribution >= 4 is 17.7 Å². The Labute approximate surface area is 186 Å². The fraction of sp³-hybridized carbons (Fsp3) is 0.231. The molecule has 162 valence electrons. The van der Waals surface area contributed by atoms with E-state index >= 15 is 0 Å². The van der Waals surface area contributed by atoms with Crippen LogP contribution in [0.5, 0.6) is 0 Å². The number of benzene rings is 3. The Morgan fingerprint density at radius 1 is 0.938 bits per heavy atom. The first-order chi connectivity index (χ1) is 15.5. The van der Waals surface area contributed by atoms with Crippen molar-refractivity contribution in [2.75, 3.05) is 25.4 Å². The lowest BCUT2D eigenvalue weighted by molar-refractivity contribution is -0.141. The van der Waals surface area contributed by atoms with E-state index in [-0.39, 0.29) is 31.5 Å². The lowest BCUT2D eigenvalue weighted by Crippen LogP contribution is -2.31. The van der Waals surface area contributed by atoms with E-state index < -0.39 is 18.0 Å². The van der Waals surface area contributed by atoms with E-state index in [1.54, 1.807) is 18.2 Å². The van der Waals surface area contributed by atoms with Gasteiger partial charge in [0.15, 0.2) is 0 Å². The van der Waals surface area contributed by atoms with Crippen LogP contribution in [0.25, 0.3) is 11.1 Å². The molecule has 0 unspecified atom stereocenters. The van der Waals surface area contributed by atoms with Crippen LogP contribution < -0.4 is 5.73 Å². The Morgan fingerprint density at radius 3 is 2.22 bits per heavy atom. The molecule has 0 radical (unpaired) electrons. The van der Waals surface area contributed by atoms with Gasteiger partial charge in [-0.25, -0.2) is 4.79 Å². The number of nitrogen functional groups attached to an aromatic ring is 1. The topological polar surface area (TPSA) is 92.9 Å². The van der Waals surface area contributed by atoms with E-state index in [2.05, 4.69) is 24.3 Å². The minimum Gasteiger partial charge on any atom is -0.481 e. The van der Waals surface area contributed by atoms with Crippen LogP contribution in [0.15, 0.2) is 72.8 Å². The van der Waals surface area contributed by atoms with E-state index in [9.17, 15) is 14.7 Å². The van der Waals surface area contributed by atoms with Crippen LogP contribution in [-0.2, 0) is 9.53 Å². The molecule has 0 saturated carbocycles. The molecule has 3 N–H and O–H groups in total. The molecule has 6 nitrogen and oxygen atoms in total. The van der Waals surface area contributed by atoms with Gasteiger partial charge in [0.25, 0.3) is 0 Å². The minimum absolute atomic E-state index is 0.0334. The molecule has 1 saturated heterocycles. The molecule has 2 atom stereocenters. The molecule has 0 bridgehead atoms. The van der Waals surface area contributed by atoms with Crippen molar-refractivity contribution < 1.29 is 19.4 Å². The average molecular weight is 428 g/mol. The van der Waals surface area contributed by atoms with Gasteiger partial charge >= 0.3 is 12.1 Å². The Kier molecular flexibility index (Phi) is 5.05. The summed E-state index contributed by atoms with van der Waals surface area (Å²) >= 11 is 0. The van der Waals surface area contributed by atoms with Crippen molar-refractivity contribution in [2.24, 2.45) is 5.92 Å². The fourth-order valence-corrected chi connectivity index (χ4v) is 5.02. The van der Waals surface area contributed by atoms with Crippen molar-refractivity contribution in [1.82, 2.24) is 4.90 Å². The van der Waals surface area contributed by atoms with Crippen molar-refractivity contribution in [3.63, 3.8) is 0 Å². The number of nitrogens with two attached hydrogens (primary N) is 1. The summed E-state index contributed by atoms with van der Waals surface area (Å²) in [4.78, 5) is 26.3. The Morgan fingerprint density at radius 2 is 1.59 bits per heavy atom. The standard InChI is InChI=1S/C26H24N2O4/c27-17-7-5-6-16(12-17)22-13-28(14-23(22)25(29)30)26(31)32-15-24-20-10-3-1-8-18(20)19-9-2-4-11-21(19)24/h1-12,22-24H,13-15,27H2,(H,29,30)/t22-,23+/m0/s1. The van der Waals surface area contributed by atoms with Gasteiger partial charge in [-0.2, -0.15) is 0 Å².